The Morgan fingerprint density at radius 3 is 2.51 bits per heavy atom. The molecule has 0 radical (unpaired) electrons. The van der Waals surface area contributed by atoms with Gasteiger partial charge in [0, 0.05) is 30.1 Å². The minimum absolute atomic E-state index is 0.131. The maximum Gasteiger partial charge on any atom is 0.408 e. The van der Waals surface area contributed by atoms with E-state index in [-0.39, 0.29) is 24.5 Å². The van der Waals surface area contributed by atoms with E-state index < -0.39 is 44.9 Å². The molecule has 3 amide bonds. The molecule has 2 aromatic carbocycles. The first-order chi connectivity index (χ1) is 24.6. The molecule has 0 spiro atoms. The number of allylic oxidation sites excluding steroid dienone is 1. The Morgan fingerprint density at radius 1 is 0.941 bits per heavy atom. The summed E-state index contributed by atoms with van der Waals surface area (Å²) in [5, 5.41) is 6.42. The van der Waals surface area contributed by atoms with Crippen LogP contribution in [0.2, 0.25) is 5.02 Å². The van der Waals surface area contributed by atoms with Crippen LogP contribution >= 0.6 is 11.6 Å². The van der Waals surface area contributed by atoms with Gasteiger partial charge in [0.05, 0.1) is 5.25 Å². The Morgan fingerprint density at radius 2 is 1.73 bits per heavy atom. The van der Waals surface area contributed by atoms with Crippen LogP contribution in [-0.4, -0.2) is 66.7 Å². The zero-order valence-corrected chi connectivity index (χ0v) is 30.4. The van der Waals surface area contributed by atoms with Gasteiger partial charge in [-0.15, -0.1) is 0 Å². The first-order valence-electron chi connectivity index (χ1n) is 18.4. The Kier molecular flexibility index (Phi) is 10.6. The van der Waals surface area contributed by atoms with E-state index in [1.54, 1.807) is 17.0 Å². The number of carbonyl (C=O) groups is 3. The summed E-state index contributed by atoms with van der Waals surface area (Å²) >= 11 is 6.18. The molecule has 51 heavy (non-hydrogen) atoms. The van der Waals surface area contributed by atoms with Crippen LogP contribution in [-0.2, 0) is 37.3 Å². The number of nitrogens with zero attached hydrogens (tertiary/aromatic N) is 1. The fourth-order valence-corrected chi connectivity index (χ4v) is 9.22. The third kappa shape index (κ3) is 8.55. The predicted octanol–water partition coefficient (Wildman–Crippen LogP) is 5.90. The summed E-state index contributed by atoms with van der Waals surface area (Å²) < 4.78 is 39.9. The van der Waals surface area contributed by atoms with Crippen molar-refractivity contribution in [3.05, 3.63) is 70.8 Å². The van der Waals surface area contributed by atoms with Crippen molar-refractivity contribution in [2.75, 3.05) is 6.54 Å². The third-order valence-corrected chi connectivity index (χ3v) is 13.0. The van der Waals surface area contributed by atoms with Gasteiger partial charge in [0.25, 0.3) is 5.91 Å². The lowest BCUT2D eigenvalue weighted by atomic mass is 9.92. The number of hydrogen-bond donors (Lipinski definition) is 3. The lowest BCUT2D eigenvalue weighted by Crippen LogP contribution is -2.58. The number of ether oxygens (including phenoxy) is 2. The van der Waals surface area contributed by atoms with Crippen molar-refractivity contribution < 1.29 is 32.3 Å². The molecule has 274 valence electrons. The second kappa shape index (κ2) is 15.2. The lowest BCUT2D eigenvalue weighted by molar-refractivity contribution is -0.137. The number of nitrogens with one attached hydrogen (secondary N) is 3. The number of carbonyl (C=O) groups excluding carboxylic acids is 3. The highest BCUT2D eigenvalue weighted by molar-refractivity contribution is 7.91. The number of halogens is 1. The molecule has 3 saturated carbocycles. The summed E-state index contributed by atoms with van der Waals surface area (Å²) in [7, 11) is -3.75. The molecule has 3 N–H and O–H groups in total. The minimum Gasteiger partial charge on any atom is -0.457 e. The molecule has 4 atom stereocenters. The molecule has 5 aliphatic rings. The van der Waals surface area contributed by atoms with E-state index in [0.29, 0.717) is 55.2 Å². The smallest absolute Gasteiger partial charge is 0.408 e. The Labute approximate surface area is 304 Å². The van der Waals surface area contributed by atoms with Crippen LogP contribution in [0.15, 0.2) is 54.6 Å². The zero-order chi connectivity index (χ0) is 35.6. The van der Waals surface area contributed by atoms with Crippen LogP contribution in [0.1, 0.15) is 88.2 Å². The van der Waals surface area contributed by atoms with E-state index in [4.69, 9.17) is 21.1 Å². The number of benzene rings is 2. The predicted molar refractivity (Wildman–Crippen MR) is 193 cm³/mol. The fraction of sp³-hybridized carbons (Fsp3) is 0.553. The summed E-state index contributed by atoms with van der Waals surface area (Å²) in [5.41, 5.74) is 0.849. The summed E-state index contributed by atoms with van der Waals surface area (Å²) in [6.07, 6.45) is 12.9. The van der Waals surface area contributed by atoms with Crippen LogP contribution in [0, 0.1) is 5.92 Å². The summed E-state index contributed by atoms with van der Waals surface area (Å²) in [6, 6.07) is 11.8. The molecule has 0 saturated heterocycles. The number of alkyl carbamates (subject to hydrolysis) is 1. The highest BCUT2D eigenvalue weighted by Crippen LogP contribution is 2.46. The molecule has 7 rings (SSSR count). The minimum atomic E-state index is -3.75. The monoisotopic (exact) mass is 738 g/mol. The standard InChI is InChI=1S/C38H47ClN4O7S/c39-28-10-8-13-31(21-28)49-32-16-15-25-24-43-29(19-26(25)20-32)23-40-38(36(45)42-51(47,48)33-17-18-33)22-27(38)9-4-2-1-3-5-14-34(35(43)44)41-37(46)50-30-11-6-7-12-30/h4,8-10,13,15-16,20-21,27,29-30,33-34,40H,1-3,5-7,11-12,14,17-19,22-24H2,(H,41,46)(H,42,45)/t27-,29?,34+,38-/m1/s1. The first-order valence-corrected chi connectivity index (χ1v) is 20.3. The molecule has 3 fully saturated rings. The number of sulfonamides is 1. The van der Waals surface area contributed by atoms with Crippen molar-refractivity contribution in [2.24, 2.45) is 5.92 Å². The van der Waals surface area contributed by atoms with E-state index in [1.807, 2.05) is 36.4 Å². The van der Waals surface area contributed by atoms with Crippen molar-refractivity contribution in [3.8, 4) is 11.5 Å². The quantitative estimate of drug-likeness (QED) is 0.298. The van der Waals surface area contributed by atoms with E-state index in [2.05, 4.69) is 21.4 Å². The molecule has 11 nitrogen and oxygen atoms in total. The van der Waals surface area contributed by atoms with Crippen molar-refractivity contribution in [2.45, 2.75) is 119 Å². The van der Waals surface area contributed by atoms with Crippen LogP contribution < -0.4 is 20.1 Å². The molecule has 2 aliphatic heterocycles. The number of amides is 3. The first kappa shape index (κ1) is 35.8. The van der Waals surface area contributed by atoms with Crippen LogP contribution in [0.4, 0.5) is 4.79 Å². The van der Waals surface area contributed by atoms with E-state index in [0.717, 1.165) is 62.5 Å². The molecular weight excluding hydrogens is 692 g/mol. The van der Waals surface area contributed by atoms with E-state index >= 15 is 0 Å². The SMILES string of the molecule is O=C(N[C@H]1CCCCCC=C[C@@H]2C[C@@]2(C(=O)NS(=O)(=O)C2CC2)NCC2Cc3cc(Oc4cccc(Cl)c4)ccc3CN2C1=O)OC1CCCC1. The maximum atomic E-state index is 14.5. The average molecular weight is 739 g/mol. The topological polar surface area (TPSA) is 143 Å². The lowest BCUT2D eigenvalue weighted by Gasteiger charge is -2.40. The molecular formula is C38H47ClN4O7S. The third-order valence-electron chi connectivity index (χ3n) is 10.9. The number of rotatable bonds is 7. The van der Waals surface area contributed by atoms with Gasteiger partial charge in [-0.05, 0) is 112 Å². The Bertz CT molecular complexity index is 1780. The van der Waals surface area contributed by atoms with E-state index in [1.165, 1.54) is 0 Å². The summed E-state index contributed by atoms with van der Waals surface area (Å²) in [6.45, 7) is 0.539. The fourth-order valence-electron chi connectivity index (χ4n) is 7.68. The van der Waals surface area contributed by atoms with Crippen LogP contribution in [0.5, 0.6) is 11.5 Å². The van der Waals surface area contributed by atoms with Crippen LogP contribution in [0.3, 0.4) is 0 Å². The van der Waals surface area contributed by atoms with Crippen molar-refractivity contribution >= 4 is 39.5 Å². The molecule has 2 aromatic rings. The van der Waals surface area contributed by atoms with Crippen molar-refractivity contribution in [3.63, 3.8) is 0 Å². The van der Waals surface area contributed by atoms with Crippen molar-refractivity contribution in [1.82, 2.24) is 20.3 Å². The van der Waals surface area contributed by atoms with Crippen LogP contribution in [0.25, 0.3) is 0 Å². The Hall–Kier alpha value is -3.61. The Balaban J connectivity index is 1.16. The van der Waals surface area contributed by atoms with Gasteiger partial charge in [0.2, 0.25) is 15.9 Å². The molecule has 0 bridgehead atoms. The molecule has 1 unspecified atom stereocenters. The summed E-state index contributed by atoms with van der Waals surface area (Å²) in [5.74, 6) is 0.309. The van der Waals surface area contributed by atoms with E-state index in [9.17, 15) is 22.8 Å². The maximum absolute atomic E-state index is 14.5. The highest BCUT2D eigenvalue weighted by Gasteiger charge is 2.60. The van der Waals surface area contributed by atoms with Crippen molar-refractivity contribution in [1.29, 1.82) is 0 Å². The second-order valence-corrected chi connectivity index (χ2v) is 17.1. The van der Waals surface area contributed by atoms with Gasteiger partial charge >= 0.3 is 6.09 Å². The molecule has 2 heterocycles. The van der Waals surface area contributed by atoms with Gasteiger partial charge in [0.15, 0.2) is 0 Å². The zero-order valence-electron chi connectivity index (χ0n) is 28.8. The summed E-state index contributed by atoms with van der Waals surface area (Å²) in [4.78, 5) is 43.2. The van der Waals surface area contributed by atoms with Gasteiger partial charge in [0.1, 0.15) is 29.2 Å². The number of fused-ring (bicyclic) bond motifs is 3. The van der Waals surface area contributed by atoms with Gasteiger partial charge in [-0.3, -0.25) is 14.3 Å². The van der Waals surface area contributed by atoms with Gasteiger partial charge in [-0.2, -0.15) is 0 Å². The molecule has 3 aliphatic carbocycles. The normalized spacial score (nSPS) is 27.2. The largest absolute Gasteiger partial charge is 0.457 e. The number of hydrogen-bond acceptors (Lipinski definition) is 8. The second-order valence-electron chi connectivity index (χ2n) is 14.7. The van der Waals surface area contributed by atoms with Gasteiger partial charge in [-0.1, -0.05) is 48.7 Å². The average Bonchev–Trinajstić information content (AvgIpc) is 4.02. The van der Waals surface area contributed by atoms with Gasteiger partial charge in [-0.25, -0.2) is 13.2 Å². The van der Waals surface area contributed by atoms with Gasteiger partial charge < -0.3 is 25.0 Å². The molecule has 13 heteroatoms. The highest BCUT2D eigenvalue weighted by atomic mass is 35.5. The molecule has 0 aromatic heterocycles.